The first-order valence-corrected chi connectivity index (χ1v) is 11.8. The number of nitrogens with zero attached hydrogens (tertiary/aromatic N) is 2. The van der Waals surface area contributed by atoms with Crippen molar-refractivity contribution in [2.24, 2.45) is 0 Å². The van der Waals surface area contributed by atoms with Crippen LogP contribution in [0.5, 0.6) is 0 Å². The number of amides is 1. The summed E-state index contributed by atoms with van der Waals surface area (Å²) in [6.45, 7) is 2.84. The van der Waals surface area contributed by atoms with Crippen molar-refractivity contribution in [3.8, 4) is 11.1 Å². The fourth-order valence-electron chi connectivity index (χ4n) is 5.76. The number of hydrogen-bond donors (Lipinski definition) is 1. The van der Waals surface area contributed by atoms with Gasteiger partial charge in [0.1, 0.15) is 6.61 Å². The van der Waals surface area contributed by atoms with Crippen molar-refractivity contribution in [2.75, 3.05) is 26.2 Å². The summed E-state index contributed by atoms with van der Waals surface area (Å²) >= 11 is 0. The number of benzene rings is 3. The molecule has 2 unspecified atom stereocenters. The third kappa shape index (κ3) is 3.62. The Balaban J connectivity index is 1.12. The van der Waals surface area contributed by atoms with E-state index < -0.39 is 6.10 Å². The minimum Gasteiger partial charge on any atom is -0.448 e. The maximum absolute atomic E-state index is 13.0. The van der Waals surface area contributed by atoms with Crippen molar-refractivity contribution in [1.82, 2.24) is 9.80 Å². The Hall–Kier alpha value is -3.15. The monoisotopic (exact) mass is 440 g/mol. The molecule has 1 amide bonds. The molecule has 1 saturated heterocycles. The normalized spacial score (nSPS) is 22.0. The molecular formula is C28H28N2O3. The van der Waals surface area contributed by atoms with Crippen LogP contribution < -0.4 is 0 Å². The predicted molar refractivity (Wildman–Crippen MR) is 127 cm³/mol. The molecule has 5 heteroatoms. The minimum atomic E-state index is -0.559. The van der Waals surface area contributed by atoms with E-state index in [0.29, 0.717) is 19.7 Å². The Morgan fingerprint density at radius 3 is 2.24 bits per heavy atom. The summed E-state index contributed by atoms with van der Waals surface area (Å²) in [5.41, 5.74) is 7.55. The third-order valence-electron chi connectivity index (χ3n) is 7.48. The highest BCUT2D eigenvalue weighted by Crippen LogP contribution is 2.44. The molecule has 0 bridgehead atoms. The van der Waals surface area contributed by atoms with E-state index >= 15 is 0 Å². The molecule has 1 N–H and O–H groups in total. The zero-order valence-electron chi connectivity index (χ0n) is 18.6. The topological polar surface area (TPSA) is 53.0 Å². The van der Waals surface area contributed by atoms with Gasteiger partial charge < -0.3 is 14.7 Å². The van der Waals surface area contributed by atoms with E-state index in [2.05, 4.69) is 65.6 Å². The van der Waals surface area contributed by atoms with Crippen molar-refractivity contribution in [3.63, 3.8) is 0 Å². The maximum atomic E-state index is 13.0. The molecular weight excluding hydrogens is 412 g/mol. The molecule has 2 atom stereocenters. The second-order valence-corrected chi connectivity index (χ2v) is 9.33. The Bertz CT molecular complexity index is 1150. The number of ether oxygens (including phenoxy) is 1. The lowest BCUT2D eigenvalue weighted by Gasteiger charge is -2.34. The van der Waals surface area contributed by atoms with Crippen molar-refractivity contribution in [1.29, 1.82) is 0 Å². The molecule has 0 radical (unpaired) electrons. The highest BCUT2D eigenvalue weighted by molar-refractivity contribution is 5.79. The molecule has 3 aromatic rings. The average molecular weight is 441 g/mol. The Morgan fingerprint density at radius 2 is 1.52 bits per heavy atom. The van der Waals surface area contributed by atoms with Crippen molar-refractivity contribution in [3.05, 3.63) is 95.1 Å². The highest BCUT2D eigenvalue weighted by Gasteiger charge is 2.39. The number of fused-ring (bicyclic) bond motifs is 4. The van der Waals surface area contributed by atoms with Crippen LogP contribution >= 0.6 is 0 Å². The molecule has 5 nitrogen and oxygen atoms in total. The minimum absolute atomic E-state index is 0.0447. The zero-order valence-corrected chi connectivity index (χ0v) is 18.6. The number of aliphatic hydroxyl groups excluding tert-OH is 1. The molecule has 2 aliphatic heterocycles. The van der Waals surface area contributed by atoms with E-state index in [1.807, 2.05) is 12.1 Å². The molecule has 3 aromatic carbocycles. The highest BCUT2D eigenvalue weighted by atomic mass is 16.6. The Morgan fingerprint density at radius 1 is 0.879 bits per heavy atom. The van der Waals surface area contributed by atoms with Gasteiger partial charge in [-0.3, -0.25) is 4.90 Å². The summed E-state index contributed by atoms with van der Waals surface area (Å²) in [5, 5.41) is 10.8. The van der Waals surface area contributed by atoms with E-state index in [9.17, 15) is 9.90 Å². The number of carbonyl (C=O) groups is 1. The van der Waals surface area contributed by atoms with Crippen LogP contribution in [0.2, 0.25) is 0 Å². The standard InChI is InChI=1S/C28H28N2O3/c31-27-17-30(16-26(27)29-14-13-19-7-1-2-8-20(19)15-29)28(32)33-18-25-23-11-5-3-9-21(23)22-10-4-6-12-24(22)25/h1-12,25-27,31H,13-18H2. The number of hydrogen-bond acceptors (Lipinski definition) is 4. The van der Waals surface area contributed by atoms with Crippen LogP contribution in [-0.4, -0.2) is 59.4 Å². The predicted octanol–water partition coefficient (Wildman–Crippen LogP) is 4.04. The quantitative estimate of drug-likeness (QED) is 0.668. The van der Waals surface area contributed by atoms with Gasteiger partial charge in [0, 0.05) is 25.6 Å². The van der Waals surface area contributed by atoms with E-state index in [-0.39, 0.29) is 18.1 Å². The van der Waals surface area contributed by atoms with Crippen LogP contribution in [0.15, 0.2) is 72.8 Å². The van der Waals surface area contributed by atoms with E-state index in [4.69, 9.17) is 4.74 Å². The third-order valence-corrected chi connectivity index (χ3v) is 7.48. The summed E-state index contributed by atoms with van der Waals surface area (Å²) < 4.78 is 5.82. The summed E-state index contributed by atoms with van der Waals surface area (Å²) in [5.74, 6) is 0.0447. The largest absolute Gasteiger partial charge is 0.448 e. The molecule has 6 rings (SSSR count). The van der Waals surface area contributed by atoms with Crippen LogP contribution in [0.3, 0.4) is 0 Å². The van der Waals surface area contributed by atoms with Gasteiger partial charge in [0.2, 0.25) is 0 Å². The first kappa shape index (κ1) is 20.5. The molecule has 0 aromatic heterocycles. The number of likely N-dealkylation sites (tertiary alicyclic amines) is 1. The first-order valence-electron chi connectivity index (χ1n) is 11.8. The summed E-state index contributed by atoms with van der Waals surface area (Å²) in [6.07, 6.45) is 0.0798. The zero-order chi connectivity index (χ0) is 22.4. The van der Waals surface area contributed by atoms with Crippen LogP contribution in [0, 0.1) is 0 Å². The Kier molecular flexibility index (Phi) is 5.16. The number of carbonyl (C=O) groups excluding carboxylic acids is 1. The first-order chi connectivity index (χ1) is 16.2. The lowest BCUT2D eigenvalue weighted by molar-refractivity contribution is 0.0744. The molecule has 2 heterocycles. The second kappa shape index (κ2) is 8.32. The van der Waals surface area contributed by atoms with Crippen LogP contribution in [0.4, 0.5) is 4.79 Å². The van der Waals surface area contributed by atoms with E-state index in [0.717, 1.165) is 19.5 Å². The lowest BCUT2D eigenvalue weighted by atomic mass is 9.98. The average Bonchev–Trinajstić information content (AvgIpc) is 3.40. The smallest absolute Gasteiger partial charge is 0.409 e. The van der Waals surface area contributed by atoms with Gasteiger partial charge in [0.25, 0.3) is 0 Å². The SMILES string of the molecule is O=C(OCC1c2ccccc2-c2ccccc21)N1CC(O)C(N2CCc3ccccc3C2)C1. The molecule has 3 aliphatic rings. The molecule has 1 fully saturated rings. The fourth-order valence-corrected chi connectivity index (χ4v) is 5.76. The summed E-state index contributed by atoms with van der Waals surface area (Å²) in [4.78, 5) is 17.0. The number of aliphatic hydroxyl groups is 1. The fraction of sp³-hybridized carbons (Fsp3) is 0.321. The van der Waals surface area contributed by atoms with Crippen LogP contribution in [0.1, 0.15) is 28.2 Å². The number of β-amino-alcohol motifs (C(OH)–C–C–N with tert-alkyl or cyclic N) is 1. The lowest BCUT2D eigenvalue weighted by Crippen LogP contribution is -2.45. The van der Waals surface area contributed by atoms with Gasteiger partial charge >= 0.3 is 6.09 Å². The van der Waals surface area contributed by atoms with Gasteiger partial charge in [-0.15, -0.1) is 0 Å². The number of rotatable bonds is 3. The molecule has 1 aliphatic carbocycles. The summed E-state index contributed by atoms with van der Waals surface area (Å²) in [7, 11) is 0. The van der Waals surface area contributed by atoms with Gasteiger partial charge in [-0.1, -0.05) is 72.8 Å². The van der Waals surface area contributed by atoms with E-state index in [1.165, 1.54) is 33.4 Å². The van der Waals surface area contributed by atoms with Crippen LogP contribution in [-0.2, 0) is 17.7 Å². The summed E-state index contributed by atoms with van der Waals surface area (Å²) in [6, 6.07) is 25.1. The van der Waals surface area contributed by atoms with Crippen molar-refractivity contribution >= 4 is 6.09 Å². The van der Waals surface area contributed by atoms with Gasteiger partial charge in [-0.05, 0) is 39.8 Å². The maximum Gasteiger partial charge on any atom is 0.409 e. The van der Waals surface area contributed by atoms with Crippen molar-refractivity contribution < 1.29 is 14.6 Å². The van der Waals surface area contributed by atoms with Gasteiger partial charge in [-0.25, -0.2) is 4.79 Å². The van der Waals surface area contributed by atoms with Gasteiger partial charge in [-0.2, -0.15) is 0 Å². The molecule has 0 spiro atoms. The van der Waals surface area contributed by atoms with E-state index in [1.54, 1.807) is 4.90 Å². The molecule has 0 saturated carbocycles. The van der Waals surface area contributed by atoms with Crippen LogP contribution in [0.25, 0.3) is 11.1 Å². The van der Waals surface area contributed by atoms with Gasteiger partial charge in [0.05, 0.1) is 18.7 Å². The van der Waals surface area contributed by atoms with Gasteiger partial charge in [0.15, 0.2) is 0 Å². The Labute approximate surface area is 194 Å². The second-order valence-electron chi connectivity index (χ2n) is 9.33. The molecule has 168 valence electrons. The molecule has 33 heavy (non-hydrogen) atoms. The van der Waals surface area contributed by atoms with Crippen molar-refractivity contribution in [2.45, 2.75) is 31.0 Å².